The number of nitrogens with one attached hydrogen (secondary N) is 1. The fourth-order valence-corrected chi connectivity index (χ4v) is 3.15. The van der Waals surface area contributed by atoms with E-state index in [-0.39, 0.29) is 12.5 Å². The second-order valence-corrected chi connectivity index (χ2v) is 5.67. The first-order valence-electron chi connectivity index (χ1n) is 6.36. The van der Waals surface area contributed by atoms with Gasteiger partial charge < -0.3 is 14.6 Å². The number of ether oxygens (including phenoxy) is 1. The molecule has 0 bridgehead atoms. The van der Waals surface area contributed by atoms with Crippen LogP contribution in [0.5, 0.6) is 0 Å². The summed E-state index contributed by atoms with van der Waals surface area (Å²) in [5.74, 6) is -0.00866. The van der Waals surface area contributed by atoms with Crippen LogP contribution in [0.3, 0.4) is 0 Å². The SMILES string of the molecule is COCC(=O)N1CCc2[nH]c3c(Cl)ccc(Cl)c3c2C1. The van der Waals surface area contributed by atoms with Crippen LogP contribution in [-0.2, 0) is 22.5 Å². The highest BCUT2D eigenvalue weighted by molar-refractivity contribution is 6.40. The van der Waals surface area contributed by atoms with Gasteiger partial charge in [0.2, 0.25) is 5.91 Å². The second kappa shape index (κ2) is 5.28. The maximum atomic E-state index is 11.9. The van der Waals surface area contributed by atoms with Crippen LogP contribution in [0.25, 0.3) is 10.9 Å². The fourth-order valence-electron chi connectivity index (χ4n) is 2.68. The first kappa shape index (κ1) is 13.7. The van der Waals surface area contributed by atoms with Gasteiger partial charge in [0.25, 0.3) is 0 Å². The van der Waals surface area contributed by atoms with Gasteiger partial charge in [-0.25, -0.2) is 0 Å². The highest BCUT2D eigenvalue weighted by Gasteiger charge is 2.25. The van der Waals surface area contributed by atoms with E-state index in [0.717, 1.165) is 28.6 Å². The molecule has 0 fully saturated rings. The summed E-state index contributed by atoms with van der Waals surface area (Å²) in [5.41, 5.74) is 3.02. The van der Waals surface area contributed by atoms with E-state index in [1.165, 1.54) is 7.11 Å². The Bertz CT molecular complexity index is 681. The molecule has 0 atom stereocenters. The number of nitrogens with zero attached hydrogens (tertiary/aromatic N) is 1. The minimum Gasteiger partial charge on any atom is -0.375 e. The van der Waals surface area contributed by atoms with Gasteiger partial charge in [-0.3, -0.25) is 4.79 Å². The Morgan fingerprint density at radius 3 is 2.90 bits per heavy atom. The molecule has 1 aromatic heterocycles. The van der Waals surface area contributed by atoms with Crippen molar-refractivity contribution in [1.82, 2.24) is 9.88 Å². The van der Waals surface area contributed by atoms with E-state index in [1.54, 1.807) is 17.0 Å². The van der Waals surface area contributed by atoms with Gasteiger partial charge >= 0.3 is 0 Å². The molecule has 2 heterocycles. The number of aromatic nitrogens is 1. The minimum absolute atomic E-state index is 0.00866. The number of amides is 1. The lowest BCUT2D eigenvalue weighted by Crippen LogP contribution is -2.37. The second-order valence-electron chi connectivity index (χ2n) is 4.86. The van der Waals surface area contributed by atoms with E-state index >= 15 is 0 Å². The summed E-state index contributed by atoms with van der Waals surface area (Å²) in [6.45, 7) is 1.32. The number of fused-ring (bicyclic) bond motifs is 3. The predicted octanol–water partition coefficient (Wildman–Crippen LogP) is 3.01. The highest BCUT2D eigenvalue weighted by atomic mass is 35.5. The van der Waals surface area contributed by atoms with Crippen LogP contribution in [0, 0.1) is 0 Å². The van der Waals surface area contributed by atoms with Crippen LogP contribution in [0.4, 0.5) is 0 Å². The number of benzene rings is 1. The number of aromatic amines is 1. The quantitative estimate of drug-likeness (QED) is 0.926. The topological polar surface area (TPSA) is 45.3 Å². The van der Waals surface area contributed by atoms with Gasteiger partial charge in [0.05, 0.1) is 15.6 Å². The molecule has 3 rings (SSSR count). The van der Waals surface area contributed by atoms with Crippen LogP contribution >= 0.6 is 23.2 Å². The lowest BCUT2D eigenvalue weighted by molar-refractivity contribution is -0.136. The van der Waals surface area contributed by atoms with E-state index in [2.05, 4.69) is 4.98 Å². The van der Waals surface area contributed by atoms with Crippen LogP contribution < -0.4 is 0 Å². The van der Waals surface area contributed by atoms with E-state index in [9.17, 15) is 4.79 Å². The average molecular weight is 313 g/mol. The normalized spacial score (nSPS) is 14.7. The van der Waals surface area contributed by atoms with Gasteiger partial charge in [-0.15, -0.1) is 0 Å². The third kappa shape index (κ3) is 2.18. The van der Waals surface area contributed by atoms with E-state index in [4.69, 9.17) is 27.9 Å². The Kier molecular flexibility index (Phi) is 3.63. The number of carbonyl (C=O) groups is 1. The zero-order valence-corrected chi connectivity index (χ0v) is 12.5. The van der Waals surface area contributed by atoms with Crippen LogP contribution in [-0.4, -0.2) is 36.1 Å². The van der Waals surface area contributed by atoms with Crippen molar-refractivity contribution in [2.75, 3.05) is 20.3 Å². The van der Waals surface area contributed by atoms with Crippen molar-refractivity contribution in [3.05, 3.63) is 33.4 Å². The Morgan fingerprint density at radius 1 is 1.40 bits per heavy atom. The zero-order chi connectivity index (χ0) is 14.3. The summed E-state index contributed by atoms with van der Waals surface area (Å²) in [6.07, 6.45) is 0.770. The molecule has 0 spiro atoms. The summed E-state index contributed by atoms with van der Waals surface area (Å²) in [4.78, 5) is 17.1. The number of hydrogen-bond donors (Lipinski definition) is 1. The molecule has 0 unspecified atom stereocenters. The number of H-pyrrole nitrogens is 1. The number of hydrogen-bond acceptors (Lipinski definition) is 2. The fraction of sp³-hybridized carbons (Fsp3) is 0.357. The summed E-state index contributed by atoms with van der Waals surface area (Å²) < 4.78 is 4.91. The van der Waals surface area contributed by atoms with Crippen molar-refractivity contribution in [3.63, 3.8) is 0 Å². The summed E-state index contributed by atoms with van der Waals surface area (Å²) in [5, 5.41) is 2.22. The first-order valence-corrected chi connectivity index (χ1v) is 7.11. The van der Waals surface area contributed by atoms with Crippen molar-refractivity contribution in [2.45, 2.75) is 13.0 Å². The zero-order valence-electron chi connectivity index (χ0n) is 11.0. The van der Waals surface area contributed by atoms with Crippen molar-refractivity contribution in [1.29, 1.82) is 0 Å². The monoisotopic (exact) mass is 312 g/mol. The molecule has 1 aliphatic rings. The standard InChI is InChI=1S/C14H14Cl2N2O2/c1-20-7-12(19)18-5-4-11-8(6-18)13-9(15)2-3-10(16)14(13)17-11/h2-3,17H,4-7H2,1H3. The summed E-state index contributed by atoms with van der Waals surface area (Å²) >= 11 is 12.5. The van der Waals surface area contributed by atoms with E-state index in [0.29, 0.717) is 23.1 Å². The number of methoxy groups -OCH3 is 1. The Hall–Kier alpha value is -1.23. The molecule has 1 amide bonds. The molecular weight excluding hydrogens is 299 g/mol. The Morgan fingerprint density at radius 2 is 2.15 bits per heavy atom. The van der Waals surface area contributed by atoms with Crippen molar-refractivity contribution in [2.24, 2.45) is 0 Å². The van der Waals surface area contributed by atoms with Crippen molar-refractivity contribution >= 4 is 40.0 Å². The molecule has 20 heavy (non-hydrogen) atoms. The molecule has 4 nitrogen and oxygen atoms in total. The third-order valence-electron chi connectivity index (χ3n) is 3.65. The maximum absolute atomic E-state index is 11.9. The molecule has 0 saturated heterocycles. The molecule has 1 aromatic carbocycles. The summed E-state index contributed by atoms with van der Waals surface area (Å²) in [6, 6.07) is 3.57. The van der Waals surface area contributed by atoms with Crippen molar-refractivity contribution in [3.8, 4) is 0 Å². The summed E-state index contributed by atoms with van der Waals surface area (Å²) in [7, 11) is 1.52. The van der Waals surface area contributed by atoms with Gasteiger partial charge in [0.1, 0.15) is 6.61 Å². The molecule has 106 valence electrons. The first-order chi connectivity index (χ1) is 9.61. The lowest BCUT2D eigenvalue weighted by Gasteiger charge is -2.27. The smallest absolute Gasteiger partial charge is 0.248 e. The van der Waals surface area contributed by atoms with Gasteiger partial charge in [0.15, 0.2) is 0 Å². The minimum atomic E-state index is -0.00866. The molecule has 0 saturated carbocycles. The van der Waals surface area contributed by atoms with Crippen LogP contribution in [0.15, 0.2) is 12.1 Å². The predicted molar refractivity (Wildman–Crippen MR) is 79.3 cm³/mol. The molecule has 0 aliphatic carbocycles. The number of carbonyl (C=O) groups excluding carboxylic acids is 1. The van der Waals surface area contributed by atoms with Gasteiger partial charge in [-0.2, -0.15) is 0 Å². The Balaban J connectivity index is 2.04. The third-order valence-corrected chi connectivity index (χ3v) is 4.28. The molecule has 6 heteroatoms. The number of halogens is 2. The molecule has 1 N–H and O–H groups in total. The lowest BCUT2D eigenvalue weighted by atomic mass is 10.0. The van der Waals surface area contributed by atoms with Crippen molar-refractivity contribution < 1.29 is 9.53 Å². The van der Waals surface area contributed by atoms with Crippen LogP contribution in [0.2, 0.25) is 10.0 Å². The average Bonchev–Trinajstić information content (AvgIpc) is 2.83. The molecule has 0 radical (unpaired) electrons. The van der Waals surface area contributed by atoms with Gasteiger partial charge in [-0.05, 0) is 12.1 Å². The van der Waals surface area contributed by atoms with Crippen LogP contribution in [0.1, 0.15) is 11.3 Å². The van der Waals surface area contributed by atoms with E-state index in [1.807, 2.05) is 0 Å². The highest BCUT2D eigenvalue weighted by Crippen LogP contribution is 2.36. The number of rotatable bonds is 2. The largest absolute Gasteiger partial charge is 0.375 e. The molecule has 2 aromatic rings. The molecular formula is C14H14Cl2N2O2. The Labute approximate surface area is 126 Å². The maximum Gasteiger partial charge on any atom is 0.248 e. The van der Waals surface area contributed by atoms with Gasteiger partial charge in [0, 0.05) is 43.3 Å². The van der Waals surface area contributed by atoms with E-state index < -0.39 is 0 Å². The van der Waals surface area contributed by atoms with Gasteiger partial charge in [-0.1, -0.05) is 23.2 Å². The molecule has 1 aliphatic heterocycles.